The molecule has 0 spiro atoms. The van der Waals surface area contributed by atoms with Gasteiger partial charge in [0.2, 0.25) is 5.91 Å². The monoisotopic (exact) mass is 415 g/mol. The summed E-state index contributed by atoms with van der Waals surface area (Å²) < 4.78 is 5.45. The number of thiophene rings is 1. The highest BCUT2D eigenvalue weighted by Crippen LogP contribution is 2.32. The Bertz CT molecular complexity index is 1010. The number of aromatic nitrogens is 1. The molecule has 6 nitrogen and oxygen atoms in total. The van der Waals surface area contributed by atoms with Gasteiger partial charge in [-0.1, -0.05) is 0 Å². The number of carbonyl (C=O) groups excluding carboxylic acids is 2. The van der Waals surface area contributed by atoms with Crippen molar-refractivity contribution in [1.82, 2.24) is 4.98 Å². The van der Waals surface area contributed by atoms with E-state index in [-0.39, 0.29) is 12.3 Å². The van der Waals surface area contributed by atoms with Gasteiger partial charge in [-0.2, -0.15) is 0 Å². The van der Waals surface area contributed by atoms with Gasteiger partial charge in [-0.05, 0) is 50.6 Å². The zero-order valence-electron chi connectivity index (χ0n) is 15.9. The lowest BCUT2D eigenvalue weighted by Crippen LogP contribution is -2.18. The Morgan fingerprint density at radius 3 is 2.57 bits per heavy atom. The number of anilines is 1. The minimum absolute atomic E-state index is 0.127. The molecule has 0 saturated carbocycles. The van der Waals surface area contributed by atoms with Gasteiger partial charge in [-0.3, -0.25) is 9.59 Å². The average molecular weight is 416 g/mol. The van der Waals surface area contributed by atoms with Crippen molar-refractivity contribution < 1.29 is 14.3 Å². The second kappa shape index (κ2) is 8.53. The van der Waals surface area contributed by atoms with Crippen LogP contribution in [0.3, 0.4) is 0 Å². The Labute approximate surface area is 171 Å². The molecule has 28 heavy (non-hydrogen) atoms. The fourth-order valence-corrected chi connectivity index (χ4v) is 4.64. The summed E-state index contributed by atoms with van der Waals surface area (Å²) in [6.07, 6.45) is 0.127. The minimum atomic E-state index is -0.538. The lowest BCUT2D eigenvalue weighted by molar-refractivity contribution is -0.115. The number of aryl methyl sites for hydroxylation is 1. The molecule has 0 atom stereocenters. The van der Waals surface area contributed by atoms with E-state index >= 15 is 0 Å². The highest BCUT2D eigenvalue weighted by molar-refractivity contribution is 7.16. The van der Waals surface area contributed by atoms with Crippen LogP contribution in [0.1, 0.15) is 33.4 Å². The maximum Gasteiger partial charge on any atom is 0.251 e. The molecular formula is C20H21N3O3S2. The molecule has 0 unspecified atom stereocenters. The number of thiazole rings is 1. The van der Waals surface area contributed by atoms with Gasteiger partial charge in [-0.25, -0.2) is 4.98 Å². The van der Waals surface area contributed by atoms with Crippen LogP contribution in [-0.2, 0) is 11.2 Å². The van der Waals surface area contributed by atoms with Crippen LogP contribution in [0, 0.1) is 13.8 Å². The van der Waals surface area contributed by atoms with Crippen molar-refractivity contribution in [3.63, 3.8) is 0 Å². The number of carbonyl (C=O) groups is 2. The van der Waals surface area contributed by atoms with E-state index < -0.39 is 5.91 Å². The lowest BCUT2D eigenvalue weighted by atomic mass is 10.1. The summed E-state index contributed by atoms with van der Waals surface area (Å²) in [5, 5.41) is 6.00. The number of primary amides is 1. The number of hydrogen-bond donors (Lipinski definition) is 2. The van der Waals surface area contributed by atoms with Crippen molar-refractivity contribution in [2.45, 2.75) is 27.2 Å². The van der Waals surface area contributed by atoms with Gasteiger partial charge in [0.15, 0.2) is 0 Å². The molecule has 3 N–H and O–H groups in total. The molecule has 0 aliphatic carbocycles. The third-order valence-corrected chi connectivity index (χ3v) is 6.25. The Kier molecular flexibility index (Phi) is 6.11. The summed E-state index contributed by atoms with van der Waals surface area (Å²) in [4.78, 5) is 29.6. The Hall–Kier alpha value is -2.71. The first-order valence-corrected chi connectivity index (χ1v) is 10.5. The Morgan fingerprint density at radius 1 is 1.21 bits per heavy atom. The van der Waals surface area contributed by atoms with Crippen LogP contribution < -0.4 is 15.8 Å². The molecule has 2 amide bonds. The van der Waals surface area contributed by atoms with E-state index in [4.69, 9.17) is 10.5 Å². The molecule has 0 aliphatic heterocycles. The van der Waals surface area contributed by atoms with E-state index in [9.17, 15) is 9.59 Å². The SMILES string of the molecule is CCOc1ccc(-c2nc(CC(=O)Nc3sc(C)c(C)c3C(N)=O)cs2)cc1. The molecule has 146 valence electrons. The molecule has 3 rings (SSSR count). The number of ether oxygens (including phenoxy) is 1. The summed E-state index contributed by atoms with van der Waals surface area (Å²) in [6, 6.07) is 7.70. The van der Waals surface area contributed by atoms with Gasteiger partial charge in [-0.15, -0.1) is 22.7 Å². The zero-order chi connectivity index (χ0) is 20.3. The van der Waals surface area contributed by atoms with Crippen LogP contribution in [0.15, 0.2) is 29.6 Å². The van der Waals surface area contributed by atoms with E-state index in [0.717, 1.165) is 26.8 Å². The predicted octanol–water partition coefficient (Wildman–Crippen LogP) is 4.17. The highest BCUT2D eigenvalue weighted by Gasteiger charge is 2.19. The molecule has 1 aromatic carbocycles. The Morgan fingerprint density at radius 2 is 1.93 bits per heavy atom. The average Bonchev–Trinajstić information content (AvgIpc) is 3.20. The molecule has 8 heteroatoms. The van der Waals surface area contributed by atoms with Gasteiger partial charge in [0, 0.05) is 15.8 Å². The number of nitrogens with two attached hydrogens (primary N) is 1. The number of rotatable bonds is 7. The molecule has 0 bridgehead atoms. The summed E-state index contributed by atoms with van der Waals surface area (Å²) >= 11 is 2.83. The Balaban J connectivity index is 1.69. The largest absolute Gasteiger partial charge is 0.494 e. The van der Waals surface area contributed by atoms with Crippen molar-refractivity contribution >= 4 is 39.5 Å². The second-order valence-electron chi connectivity index (χ2n) is 6.18. The molecule has 0 saturated heterocycles. The van der Waals surface area contributed by atoms with Gasteiger partial charge >= 0.3 is 0 Å². The summed E-state index contributed by atoms with van der Waals surface area (Å²) in [7, 11) is 0. The number of hydrogen-bond acceptors (Lipinski definition) is 6. The second-order valence-corrected chi connectivity index (χ2v) is 8.26. The molecule has 0 fully saturated rings. The van der Waals surface area contributed by atoms with E-state index in [1.165, 1.54) is 22.7 Å². The quantitative estimate of drug-likeness (QED) is 0.606. The van der Waals surface area contributed by atoms with Crippen molar-refractivity contribution in [3.8, 4) is 16.3 Å². The third-order valence-electron chi connectivity index (χ3n) is 4.19. The van der Waals surface area contributed by atoms with Crippen LogP contribution in [0.4, 0.5) is 5.00 Å². The molecule has 2 heterocycles. The van der Waals surface area contributed by atoms with Crippen LogP contribution in [0.2, 0.25) is 0 Å². The van der Waals surface area contributed by atoms with Crippen LogP contribution in [0.5, 0.6) is 5.75 Å². The van der Waals surface area contributed by atoms with Crippen molar-refractivity contribution in [3.05, 3.63) is 51.3 Å². The van der Waals surface area contributed by atoms with E-state index in [0.29, 0.717) is 22.9 Å². The first kappa shape index (κ1) is 20.0. The number of nitrogens with one attached hydrogen (secondary N) is 1. The predicted molar refractivity (Wildman–Crippen MR) is 113 cm³/mol. The van der Waals surface area contributed by atoms with Crippen LogP contribution >= 0.6 is 22.7 Å². The van der Waals surface area contributed by atoms with Gasteiger partial charge in [0.05, 0.1) is 24.3 Å². The number of nitrogens with zero attached hydrogens (tertiary/aromatic N) is 1. The first-order chi connectivity index (χ1) is 13.4. The van der Waals surface area contributed by atoms with Crippen LogP contribution in [0.25, 0.3) is 10.6 Å². The minimum Gasteiger partial charge on any atom is -0.494 e. The summed E-state index contributed by atoms with van der Waals surface area (Å²) in [5.74, 6) is 0.0464. The smallest absolute Gasteiger partial charge is 0.251 e. The van der Waals surface area contributed by atoms with E-state index in [1.54, 1.807) is 0 Å². The van der Waals surface area contributed by atoms with Gasteiger partial charge < -0.3 is 15.8 Å². The molecule has 0 aliphatic rings. The molecule has 0 radical (unpaired) electrons. The number of benzene rings is 1. The van der Waals surface area contributed by atoms with E-state index in [2.05, 4.69) is 10.3 Å². The maximum absolute atomic E-state index is 12.4. The molecular weight excluding hydrogens is 394 g/mol. The normalized spacial score (nSPS) is 10.7. The van der Waals surface area contributed by atoms with Crippen molar-refractivity contribution in [1.29, 1.82) is 0 Å². The lowest BCUT2D eigenvalue weighted by Gasteiger charge is -2.04. The molecule has 2 aromatic heterocycles. The molecule has 3 aromatic rings. The first-order valence-electron chi connectivity index (χ1n) is 8.76. The fourth-order valence-electron chi connectivity index (χ4n) is 2.73. The van der Waals surface area contributed by atoms with E-state index in [1.807, 2.05) is 50.4 Å². The zero-order valence-corrected chi connectivity index (χ0v) is 17.5. The maximum atomic E-state index is 12.4. The van der Waals surface area contributed by atoms with Gasteiger partial charge in [0.25, 0.3) is 5.91 Å². The number of amides is 2. The highest BCUT2D eigenvalue weighted by atomic mass is 32.1. The van der Waals surface area contributed by atoms with Crippen molar-refractivity contribution in [2.24, 2.45) is 5.73 Å². The van der Waals surface area contributed by atoms with Crippen molar-refractivity contribution in [2.75, 3.05) is 11.9 Å². The van der Waals surface area contributed by atoms with Crippen LogP contribution in [-0.4, -0.2) is 23.4 Å². The fraction of sp³-hybridized carbons (Fsp3) is 0.250. The third kappa shape index (κ3) is 4.40. The topological polar surface area (TPSA) is 94.3 Å². The summed E-state index contributed by atoms with van der Waals surface area (Å²) in [5.41, 5.74) is 8.29. The summed E-state index contributed by atoms with van der Waals surface area (Å²) in [6.45, 7) is 6.28. The van der Waals surface area contributed by atoms with Gasteiger partial charge in [0.1, 0.15) is 15.8 Å². The standard InChI is InChI=1S/C20H21N3O3S2/c1-4-26-15-7-5-13(6-8-15)19-22-14(10-27-19)9-16(24)23-20-17(18(21)25)11(2)12(3)28-20/h5-8,10H,4,9H2,1-3H3,(H2,21,25)(H,23,24).